The Balaban J connectivity index is 1.44. The van der Waals surface area contributed by atoms with Crippen LogP contribution in [0.5, 0.6) is 0 Å². The van der Waals surface area contributed by atoms with Crippen LogP contribution < -0.4 is 16.4 Å². The molecule has 4 aromatic rings. The average molecular weight is 570 g/mol. The van der Waals surface area contributed by atoms with Gasteiger partial charge < -0.3 is 30.2 Å². The Kier molecular flexibility index (Phi) is 7.24. The van der Waals surface area contributed by atoms with E-state index in [1.165, 1.54) is 28.0 Å². The molecule has 2 atom stereocenters. The number of nitrogens with one attached hydrogen (secondary N) is 2. The number of nitrogens with two attached hydrogens (primary N) is 1. The molecule has 1 saturated heterocycles. The molecule has 0 unspecified atom stereocenters. The summed E-state index contributed by atoms with van der Waals surface area (Å²) < 4.78 is 61.9. The van der Waals surface area contributed by atoms with Crippen LogP contribution in [0.4, 0.5) is 28.9 Å². The number of hydrogen-bond acceptors (Lipinski definition) is 9. The maximum absolute atomic E-state index is 14.7. The van der Waals surface area contributed by atoms with E-state index in [2.05, 4.69) is 20.8 Å². The zero-order chi connectivity index (χ0) is 27.0. The van der Waals surface area contributed by atoms with Crippen molar-refractivity contribution in [3.8, 4) is 11.4 Å². The molecule has 1 aliphatic heterocycles. The highest BCUT2D eigenvalue weighted by Crippen LogP contribution is 2.44. The number of thioether (sulfide) groups is 1. The van der Waals surface area contributed by atoms with E-state index in [1.807, 2.05) is 11.9 Å². The molecule has 9 nitrogen and oxygen atoms in total. The Hall–Kier alpha value is -3.30. The van der Waals surface area contributed by atoms with Gasteiger partial charge in [-0.15, -0.1) is 11.3 Å². The average Bonchev–Trinajstić information content (AvgIpc) is 3.58. The summed E-state index contributed by atoms with van der Waals surface area (Å²) in [5.41, 5.74) is 2.48. The van der Waals surface area contributed by atoms with Crippen molar-refractivity contribution in [3.05, 3.63) is 46.6 Å². The summed E-state index contributed by atoms with van der Waals surface area (Å²) in [6.45, 7) is 0.826. The number of carbonyl (C=O) groups excluding carboxylic acids is 1. The summed E-state index contributed by atoms with van der Waals surface area (Å²) in [6.07, 6.45) is 0.909. The standard InChI is InChI=1S/C23H23F4N7O2S2/c1-33-7-4-15(13(24)11-33)30-16-3-2-6-34-17(16)9-12(22(34)38-23(25,26)27)20-31-18(36-32-20)10-29-21(35)19-14(28)5-8-37-19/h2-3,5-6,8-9,13,15,30H,4,7,10-11,28H2,1H3,(H,29,35)/t13-,15+/m0/s1. The van der Waals surface area contributed by atoms with Gasteiger partial charge in [-0.25, -0.2) is 4.39 Å². The molecule has 15 heteroatoms. The van der Waals surface area contributed by atoms with Crippen LogP contribution in [0.3, 0.4) is 0 Å². The van der Waals surface area contributed by atoms with Crippen LogP contribution in [0.2, 0.25) is 0 Å². The van der Waals surface area contributed by atoms with Crippen molar-refractivity contribution in [1.82, 2.24) is 24.8 Å². The number of rotatable bonds is 7. The lowest BCUT2D eigenvalue weighted by Gasteiger charge is -2.33. The highest BCUT2D eigenvalue weighted by molar-refractivity contribution is 8.00. The van der Waals surface area contributed by atoms with Crippen molar-refractivity contribution in [2.75, 3.05) is 31.2 Å². The van der Waals surface area contributed by atoms with Crippen molar-refractivity contribution >= 4 is 45.9 Å². The van der Waals surface area contributed by atoms with Gasteiger partial charge in [0, 0.05) is 31.0 Å². The minimum atomic E-state index is -4.59. The molecule has 1 aliphatic rings. The van der Waals surface area contributed by atoms with Crippen molar-refractivity contribution in [1.29, 1.82) is 0 Å². The van der Waals surface area contributed by atoms with Gasteiger partial charge in [-0.05, 0) is 43.1 Å². The van der Waals surface area contributed by atoms with Gasteiger partial charge in [0.2, 0.25) is 11.7 Å². The topological polar surface area (TPSA) is 114 Å². The highest BCUT2D eigenvalue weighted by Gasteiger charge is 2.34. The summed E-state index contributed by atoms with van der Waals surface area (Å²) in [4.78, 5) is 18.7. The lowest BCUT2D eigenvalue weighted by Crippen LogP contribution is -2.46. The van der Waals surface area contributed by atoms with E-state index in [0.717, 1.165) is 0 Å². The van der Waals surface area contributed by atoms with E-state index in [1.54, 1.807) is 23.6 Å². The summed E-state index contributed by atoms with van der Waals surface area (Å²) in [5, 5.41) is 11.1. The molecule has 0 radical (unpaired) electrons. The normalized spacial score (nSPS) is 18.7. The number of pyridine rings is 1. The molecule has 1 fully saturated rings. The Morgan fingerprint density at radius 3 is 2.89 bits per heavy atom. The van der Waals surface area contributed by atoms with Crippen LogP contribution >= 0.6 is 23.1 Å². The SMILES string of the molecule is CN1CC[C@@H](Nc2cccn3c(SC(F)(F)F)c(-c4noc(CNC(=O)c5sccc5N)n4)cc23)[C@@H](F)C1. The van der Waals surface area contributed by atoms with Crippen LogP contribution in [0.25, 0.3) is 16.9 Å². The molecule has 0 aliphatic carbocycles. The fourth-order valence-electron chi connectivity index (χ4n) is 4.26. The maximum Gasteiger partial charge on any atom is 0.447 e. The minimum Gasteiger partial charge on any atom is -0.397 e. The Labute approximate surface area is 222 Å². The van der Waals surface area contributed by atoms with Crippen LogP contribution in [-0.4, -0.2) is 63.2 Å². The van der Waals surface area contributed by atoms with E-state index in [4.69, 9.17) is 10.3 Å². The minimum absolute atomic E-state index is 0.00615. The van der Waals surface area contributed by atoms with Crippen molar-refractivity contribution in [2.45, 2.75) is 35.7 Å². The van der Waals surface area contributed by atoms with E-state index in [-0.39, 0.29) is 47.2 Å². The van der Waals surface area contributed by atoms with Gasteiger partial charge in [0.05, 0.1) is 40.1 Å². The van der Waals surface area contributed by atoms with Crippen molar-refractivity contribution in [3.63, 3.8) is 0 Å². The Bertz CT molecular complexity index is 1450. The highest BCUT2D eigenvalue weighted by atomic mass is 32.2. The Morgan fingerprint density at radius 1 is 1.37 bits per heavy atom. The number of nitrogens with zero attached hydrogens (tertiary/aromatic N) is 4. The fourth-order valence-corrected chi connectivity index (χ4v) is 5.74. The molecule has 202 valence electrons. The van der Waals surface area contributed by atoms with Gasteiger partial charge >= 0.3 is 5.51 Å². The number of likely N-dealkylation sites (tertiary alicyclic amines) is 1. The number of aromatic nitrogens is 3. The number of halogens is 4. The summed E-state index contributed by atoms with van der Waals surface area (Å²) in [6, 6.07) is 5.92. The number of hydrogen-bond donors (Lipinski definition) is 3. The largest absolute Gasteiger partial charge is 0.447 e. The number of fused-ring (bicyclic) bond motifs is 1. The molecule has 1 amide bonds. The first-order valence-electron chi connectivity index (χ1n) is 11.5. The molecule has 0 aromatic carbocycles. The second-order valence-corrected chi connectivity index (χ2v) is 10.8. The first-order chi connectivity index (χ1) is 18.1. The van der Waals surface area contributed by atoms with E-state index in [9.17, 15) is 22.4 Å². The molecule has 0 saturated carbocycles. The number of alkyl halides is 4. The van der Waals surface area contributed by atoms with E-state index < -0.39 is 23.6 Å². The number of nitrogen functional groups attached to an aromatic ring is 1. The molecule has 38 heavy (non-hydrogen) atoms. The molecule has 5 heterocycles. The third-order valence-electron chi connectivity index (χ3n) is 6.07. The second-order valence-electron chi connectivity index (χ2n) is 8.81. The predicted molar refractivity (Wildman–Crippen MR) is 137 cm³/mol. The quantitative estimate of drug-likeness (QED) is 0.218. The van der Waals surface area contributed by atoms with Crippen LogP contribution in [-0.2, 0) is 6.54 Å². The summed E-state index contributed by atoms with van der Waals surface area (Å²) in [7, 11) is 1.84. The first kappa shape index (κ1) is 26.3. The van der Waals surface area contributed by atoms with Crippen molar-refractivity contribution < 1.29 is 26.9 Å². The van der Waals surface area contributed by atoms with Gasteiger partial charge in [-0.1, -0.05) is 5.16 Å². The molecule has 0 bridgehead atoms. The second kappa shape index (κ2) is 10.5. The zero-order valence-corrected chi connectivity index (χ0v) is 21.6. The van der Waals surface area contributed by atoms with Crippen LogP contribution in [0.1, 0.15) is 22.0 Å². The third-order valence-corrected chi connectivity index (χ3v) is 7.84. The number of anilines is 2. The maximum atomic E-state index is 14.7. The molecule has 4 N–H and O–H groups in total. The van der Waals surface area contributed by atoms with Crippen molar-refractivity contribution in [2.24, 2.45) is 0 Å². The van der Waals surface area contributed by atoms with Gasteiger partial charge in [0.15, 0.2) is 0 Å². The fraction of sp³-hybridized carbons (Fsp3) is 0.348. The van der Waals surface area contributed by atoms with Gasteiger partial charge in [-0.3, -0.25) is 4.79 Å². The lowest BCUT2D eigenvalue weighted by molar-refractivity contribution is -0.0329. The third kappa shape index (κ3) is 5.59. The van der Waals surface area contributed by atoms with E-state index in [0.29, 0.717) is 34.7 Å². The summed E-state index contributed by atoms with van der Waals surface area (Å²) >= 11 is 0.863. The molecule has 4 aromatic heterocycles. The number of piperidine rings is 1. The molecule has 5 rings (SSSR count). The summed E-state index contributed by atoms with van der Waals surface area (Å²) in [5.74, 6) is -0.503. The first-order valence-corrected chi connectivity index (χ1v) is 13.2. The smallest absolute Gasteiger partial charge is 0.397 e. The van der Waals surface area contributed by atoms with Gasteiger partial charge in [-0.2, -0.15) is 18.2 Å². The molecular formula is C23H23F4N7O2S2. The molecule has 0 spiro atoms. The van der Waals surface area contributed by atoms with Gasteiger partial charge in [0.25, 0.3) is 5.91 Å². The lowest BCUT2D eigenvalue weighted by atomic mass is 10.0. The number of thiophene rings is 1. The zero-order valence-electron chi connectivity index (χ0n) is 20.0. The predicted octanol–water partition coefficient (Wildman–Crippen LogP) is 4.63. The van der Waals surface area contributed by atoms with Crippen LogP contribution in [0, 0.1) is 0 Å². The molecular weight excluding hydrogens is 546 g/mol. The monoisotopic (exact) mass is 569 g/mol. The van der Waals surface area contributed by atoms with Gasteiger partial charge in [0.1, 0.15) is 11.0 Å². The van der Waals surface area contributed by atoms with Crippen LogP contribution in [0.15, 0.2) is 45.4 Å². The Morgan fingerprint density at radius 2 is 2.18 bits per heavy atom. The number of amides is 1. The number of carbonyl (C=O) groups is 1. The van der Waals surface area contributed by atoms with E-state index >= 15 is 0 Å².